The molecule has 19 heavy (non-hydrogen) atoms. The van der Waals surface area contributed by atoms with E-state index in [0.29, 0.717) is 17.8 Å². The Morgan fingerprint density at radius 3 is 2.53 bits per heavy atom. The molecule has 5 heteroatoms. The number of aromatic nitrogens is 1. The lowest BCUT2D eigenvalue weighted by Crippen LogP contribution is -2.36. The Bertz CT molecular complexity index is 494. The van der Waals surface area contributed by atoms with Gasteiger partial charge in [0.25, 0.3) is 0 Å². The number of aryl methyl sites for hydroxylation is 1. The highest BCUT2D eigenvalue weighted by Gasteiger charge is 2.58. The summed E-state index contributed by atoms with van der Waals surface area (Å²) >= 11 is 1.75. The molecule has 1 aliphatic carbocycles. The number of hydrogen-bond acceptors (Lipinski definition) is 4. The Labute approximate surface area is 117 Å². The highest BCUT2D eigenvalue weighted by atomic mass is 32.1. The van der Waals surface area contributed by atoms with E-state index in [1.54, 1.807) is 11.3 Å². The van der Waals surface area contributed by atoms with Crippen LogP contribution in [-0.4, -0.2) is 34.7 Å². The van der Waals surface area contributed by atoms with Crippen molar-refractivity contribution in [3.63, 3.8) is 0 Å². The van der Waals surface area contributed by atoms with E-state index in [9.17, 15) is 4.79 Å². The van der Waals surface area contributed by atoms with E-state index in [1.165, 1.54) is 5.01 Å². The van der Waals surface area contributed by atoms with Crippen molar-refractivity contribution in [1.82, 2.24) is 9.88 Å². The van der Waals surface area contributed by atoms with E-state index in [1.807, 2.05) is 32.6 Å². The quantitative estimate of drug-likeness (QED) is 0.794. The second-order valence-electron chi connectivity index (χ2n) is 6.57. The summed E-state index contributed by atoms with van der Waals surface area (Å²) in [5, 5.41) is 3.35. The zero-order valence-electron chi connectivity index (χ0n) is 11.8. The molecule has 104 valence electrons. The lowest BCUT2D eigenvalue weighted by molar-refractivity contribution is 0.0271. The molecular formula is C14H20N2O2S. The van der Waals surface area contributed by atoms with Gasteiger partial charge < -0.3 is 9.64 Å². The average Bonchev–Trinajstić information content (AvgIpc) is 2.67. The van der Waals surface area contributed by atoms with Gasteiger partial charge in [0.05, 0.1) is 5.01 Å². The minimum atomic E-state index is -0.407. The fraction of sp³-hybridized carbons (Fsp3) is 0.714. The molecule has 0 radical (unpaired) electrons. The summed E-state index contributed by atoms with van der Waals surface area (Å²) in [6.07, 6.45) is -0.172. The van der Waals surface area contributed by atoms with E-state index < -0.39 is 5.60 Å². The van der Waals surface area contributed by atoms with Crippen LogP contribution in [0.2, 0.25) is 0 Å². The third kappa shape index (κ3) is 2.48. The van der Waals surface area contributed by atoms with Gasteiger partial charge in [0.15, 0.2) is 0 Å². The summed E-state index contributed by atoms with van der Waals surface area (Å²) in [6, 6.07) is 0. The van der Waals surface area contributed by atoms with E-state index in [2.05, 4.69) is 10.4 Å². The van der Waals surface area contributed by atoms with Crippen molar-refractivity contribution < 1.29 is 9.53 Å². The molecule has 1 amide bonds. The van der Waals surface area contributed by atoms with E-state index in [0.717, 1.165) is 18.8 Å². The third-order valence-electron chi connectivity index (χ3n) is 3.77. The minimum Gasteiger partial charge on any atom is -0.444 e. The molecule has 1 aromatic heterocycles. The number of piperidine rings is 1. The van der Waals surface area contributed by atoms with Gasteiger partial charge in [-0.2, -0.15) is 0 Å². The molecule has 1 aliphatic heterocycles. The predicted molar refractivity (Wildman–Crippen MR) is 74.4 cm³/mol. The smallest absolute Gasteiger partial charge is 0.410 e. The number of fused-ring (bicyclic) bond motifs is 1. The Morgan fingerprint density at radius 1 is 1.42 bits per heavy atom. The van der Waals surface area contributed by atoms with Gasteiger partial charge in [-0.1, -0.05) is 0 Å². The summed E-state index contributed by atoms with van der Waals surface area (Å²) in [5.74, 6) is 1.77. The van der Waals surface area contributed by atoms with Crippen LogP contribution in [0.5, 0.6) is 0 Å². The van der Waals surface area contributed by atoms with Crippen LogP contribution in [0.15, 0.2) is 5.38 Å². The largest absolute Gasteiger partial charge is 0.444 e. The topological polar surface area (TPSA) is 42.4 Å². The lowest BCUT2D eigenvalue weighted by Gasteiger charge is -2.25. The minimum absolute atomic E-state index is 0.172. The molecule has 4 nitrogen and oxygen atoms in total. The monoisotopic (exact) mass is 280 g/mol. The summed E-state index contributed by atoms with van der Waals surface area (Å²) in [7, 11) is 0. The van der Waals surface area contributed by atoms with Crippen molar-refractivity contribution >= 4 is 17.4 Å². The van der Waals surface area contributed by atoms with Crippen molar-refractivity contribution in [3.05, 3.63) is 16.1 Å². The van der Waals surface area contributed by atoms with Crippen molar-refractivity contribution in [2.24, 2.45) is 11.8 Å². The SMILES string of the molecule is Cc1csc(C2[C@H]3CN(C(=O)OC(C)(C)C)C[C@@H]23)n1. The van der Waals surface area contributed by atoms with Crippen LogP contribution in [0, 0.1) is 18.8 Å². The van der Waals surface area contributed by atoms with Gasteiger partial charge in [0.1, 0.15) is 5.60 Å². The second-order valence-corrected chi connectivity index (χ2v) is 7.46. The predicted octanol–water partition coefficient (Wildman–Crippen LogP) is 3.03. The van der Waals surface area contributed by atoms with Gasteiger partial charge in [0, 0.05) is 30.1 Å². The van der Waals surface area contributed by atoms with Crippen LogP contribution in [0.25, 0.3) is 0 Å². The summed E-state index contributed by atoms with van der Waals surface area (Å²) < 4.78 is 5.41. The number of likely N-dealkylation sites (tertiary alicyclic amines) is 1. The van der Waals surface area contributed by atoms with Crippen LogP contribution >= 0.6 is 11.3 Å². The first-order valence-electron chi connectivity index (χ1n) is 6.75. The highest BCUT2D eigenvalue weighted by Crippen LogP contribution is 2.58. The van der Waals surface area contributed by atoms with Crippen molar-refractivity contribution in [2.45, 2.75) is 39.2 Å². The maximum Gasteiger partial charge on any atom is 0.410 e. The summed E-state index contributed by atoms with van der Waals surface area (Å²) in [4.78, 5) is 18.4. The number of ether oxygens (including phenoxy) is 1. The number of carbonyl (C=O) groups excluding carboxylic acids is 1. The van der Waals surface area contributed by atoms with Gasteiger partial charge in [0.2, 0.25) is 0 Å². The Kier molecular flexibility index (Phi) is 2.85. The molecule has 1 saturated heterocycles. The van der Waals surface area contributed by atoms with Crippen LogP contribution in [0.4, 0.5) is 4.79 Å². The van der Waals surface area contributed by atoms with Crippen LogP contribution in [0.3, 0.4) is 0 Å². The maximum absolute atomic E-state index is 12.0. The van der Waals surface area contributed by atoms with E-state index in [4.69, 9.17) is 4.74 Å². The summed E-state index contributed by atoms with van der Waals surface area (Å²) in [6.45, 7) is 9.39. The maximum atomic E-state index is 12.0. The second kappa shape index (κ2) is 4.20. The first-order chi connectivity index (χ1) is 8.85. The molecule has 0 spiro atoms. The molecule has 3 atom stereocenters. The van der Waals surface area contributed by atoms with Crippen LogP contribution in [0.1, 0.15) is 37.4 Å². The molecule has 0 bridgehead atoms. The molecule has 0 aromatic carbocycles. The molecule has 0 N–H and O–H groups in total. The number of carbonyl (C=O) groups is 1. The fourth-order valence-corrected chi connectivity index (χ4v) is 3.94. The Morgan fingerprint density at radius 2 is 2.05 bits per heavy atom. The van der Waals surface area contributed by atoms with Gasteiger partial charge in [-0.25, -0.2) is 9.78 Å². The van der Waals surface area contributed by atoms with Crippen LogP contribution < -0.4 is 0 Å². The number of amides is 1. The highest BCUT2D eigenvalue weighted by molar-refractivity contribution is 7.09. The van der Waals surface area contributed by atoms with E-state index >= 15 is 0 Å². The number of rotatable bonds is 1. The van der Waals surface area contributed by atoms with Crippen molar-refractivity contribution in [3.8, 4) is 0 Å². The first kappa shape index (κ1) is 12.9. The van der Waals surface area contributed by atoms with Crippen molar-refractivity contribution in [2.75, 3.05) is 13.1 Å². The molecular weight excluding hydrogens is 260 g/mol. The van der Waals surface area contributed by atoms with Gasteiger partial charge in [-0.15, -0.1) is 11.3 Å². The Hall–Kier alpha value is -1.10. The number of nitrogens with zero attached hydrogens (tertiary/aromatic N) is 2. The standard InChI is InChI=1S/C14H20N2O2S/c1-8-7-19-12(15-8)11-9-5-16(6-10(9)11)13(17)18-14(2,3)4/h7,9-11H,5-6H2,1-4H3/t9-,10+,11?. The zero-order valence-corrected chi connectivity index (χ0v) is 12.7. The lowest BCUT2D eigenvalue weighted by atomic mass is 10.2. The fourth-order valence-electron chi connectivity index (χ4n) is 2.89. The van der Waals surface area contributed by atoms with Crippen molar-refractivity contribution in [1.29, 1.82) is 0 Å². The normalized spacial score (nSPS) is 29.3. The zero-order chi connectivity index (χ0) is 13.8. The molecule has 1 saturated carbocycles. The number of hydrogen-bond donors (Lipinski definition) is 0. The average molecular weight is 280 g/mol. The molecule has 2 aliphatic rings. The molecule has 1 unspecified atom stereocenters. The molecule has 1 aromatic rings. The Balaban J connectivity index is 1.57. The first-order valence-corrected chi connectivity index (χ1v) is 7.63. The van der Waals surface area contributed by atoms with Gasteiger partial charge in [-0.05, 0) is 39.5 Å². The molecule has 3 rings (SSSR count). The van der Waals surface area contributed by atoms with Gasteiger partial charge >= 0.3 is 6.09 Å². The van der Waals surface area contributed by atoms with Gasteiger partial charge in [-0.3, -0.25) is 0 Å². The summed E-state index contributed by atoms with van der Waals surface area (Å²) in [5.41, 5.74) is 0.698. The third-order valence-corrected chi connectivity index (χ3v) is 4.83. The molecule has 2 fully saturated rings. The van der Waals surface area contributed by atoms with E-state index in [-0.39, 0.29) is 6.09 Å². The number of thiazole rings is 1. The molecule has 2 heterocycles. The van der Waals surface area contributed by atoms with Crippen LogP contribution in [-0.2, 0) is 4.74 Å².